The van der Waals surface area contributed by atoms with Crippen LogP contribution in [0.25, 0.3) is 0 Å². The van der Waals surface area contributed by atoms with Crippen LogP contribution in [0, 0.1) is 6.92 Å². The minimum atomic E-state index is 0.550. The maximum Gasteiger partial charge on any atom is 0.191 e. The zero-order valence-corrected chi connectivity index (χ0v) is 16.3. The van der Waals surface area contributed by atoms with Gasteiger partial charge in [-0.1, -0.05) is 0 Å². The van der Waals surface area contributed by atoms with Gasteiger partial charge in [-0.05, 0) is 41.5 Å². The highest BCUT2D eigenvalue weighted by Gasteiger charge is 2.12. The molecule has 0 atom stereocenters. The quantitative estimate of drug-likeness (QED) is 0.536. The molecule has 0 aromatic carbocycles. The summed E-state index contributed by atoms with van der Waals surface area (Å²) in [5.74, 6) is 0.895. The normalized spacial score (nSPS) is 12.5. The zero-order valence-electron chi connectivity index (χ0n) is 15.5. The number of aromatic nitrogens is 1. The Hall–Kier alpha value is -1.14. The van der Waals surface area contributed by atoms with Crippen molar-refractivity contribution in [1.82, 2.24) is 20.5 Å². The summed E-state index contributed by atoms with van der Waals surface area (Å²) >= 11 is 1.71. The number of hydrogen-bond acceptors (Lipinski definition) is 4. The Morgan fingerprint density at radius 1 is 1.26 bits per heavy atom. The molecule has 6 heteroatoms. The smallest absolute Gasteiger partial charge is 0.191 e. The number of nitrogens with zero attached hydrogens (tertiary/aromatic N) is 3. The SMILES string of the molecule is CCNC(=NCCN(C(C)C)C(C)C)NCCc1csc(C)n1. The molecule has 0 saturated carbocycles. The van der Waals surface area contributed by atoms with E-state index in [-0.39, 0.29) is 0 Å². The van der Waals surface area contributed by atoms with E-state index in [0.717, 1.165) is 49.3 Å². The lowest BCUT2D eigenvalue weighted by Gasteiger charge is -2.29. The van der Waals surface area contributed by atoms with Gasteiger partial charge in [0.15, 0.2) is 5.96 Å². The molecule has 1 aromatic rings. The first kappa shape index (κ1) is 19.9. The lowest BCUT2D eigenvalue weighted by Crippen LogP contribution is -2.41. The summed E-state index contributed by atoms with van der Waals surface area (Å²) < 4.78 is 0. The minimum absolute atomic E-state index is 0.550. The summed E-state index contributed by atoms with van der Waals surface area (Å²) in [6, 6.07) is 1.10. The van der Waals surface area contributed by atoms with Crippen LogP contribution >= 0.6 is 11.3 Å². The van der Waals surface area contributed by atoms with Crippen molar-refractivity contribution in [2.75, 3.05) is 26.2 Å². The summed E-state index contributed by atoms with van der Waals surface area (Å²) in [7, 11) is 0. The Morgan fingerprint density at radius 3 is 2.48 bits per heavy atom. The predicted molar refractivity (Wildman–Crippen MR) is 102 cm³/mol. The fourth-order valence-corrected chi connectivity index (χ4v) is 3.21. The van der Waals surface area contributed by atoms with Crippen molar-refractivity contribution in [1.29, 1.82) is 0 Å². The van der Waals surface area contributed by atoms with E-state index in [1.807, 2.05) is 6.92 Å². The van der Waals surface area contributed by atoms with Crippen LogP contribution in [0.1, 0.15) is 45.3 Å². The number of guanidine groups is 1. The maximum absolute atomic E-state index is 4.69. The predicted octanol–water partition coefficient (Wildman–Crippen LogP) is 2.67. The fourth-order valence-electron chi connectivity index (χ4n) is 2.56. The molecule has 1 heterocycles. The molecular formula is C17H33N5S. The van der Waals surface area contributed by atoms with Gasteiger partial charge in [-0.25, -0.2) is 4.98 Å². The molecule has 0 fully saturated rings. The number of nitrogens with one attached hydrogen (secondary N) is 2. The van der Waals surface area contributed by atoms with Crippen molar-refractivity contribution in [3.63, 3.8) is 0 Å². The second kappa shape index (κ2) is 10.6. The average molecular weight is 340 g/mol. The van der Waals surface area contributed by atoms with E-state index in [1.165, 1.54) is 0 Å². The highest BCUT2D eigenvalue weighted by Crippen LogP contribution is 2.07. The highest BCUT2D eigenvalue weighted by molar-refractivity contribution is 7.09. The molecule has 0 bridgehead atoms. The molecule has 1 aromatic heterocycles. The van der Waals surface area contributed by atoms with Crippen LogP contribution < -0.4 is 10.6 Å². The van der Waals surface area contributed by atoms with Gasteiger partial charge in [0.2, 0.25) is 0 Å². The van der Waals surface area contributed by atoms with Crippen LogP contribution in [0.4, 0.5) is 0 Å². The Kier molecular flexibility index (Phi) is 9.17. The molecule has 0 unspecified atom stereocenters. The van der Waals surface area contributed by atoms with E-state index in [2.05, 4.69) is 65.5 Å². The molecule has 0 spiro atoms. The molecule has 0 aliphatic carbocycles. The molecule has 1 rings (SSSR count). The molecule has 132 valence electrons. The molecule has 2 N–H and O–H groups in total. The van der Waals surface area contributed by atoms with E-state index in [4.69, 9.17) is 0 Å². The molecule has 0 aliphatic heterocycles. The Morgan fingerprint density at radius 2 is 1.96 bits per heavy atom. The lowest BCUT2D eigenvalue weighted by atomic mass is 10.2. The van der Waals surface area contributed by atoms with Gasteiger partial charge in [-0.15, -0.1) is 11.3 Å². The number of thiazole rings is 1. The minimum Gasteiger partial charge on any atom is -0.357 e. The lowest BCUT2D eigenvalue weighted by molar-refractivity contribution is 0.181. The highest BCUT2D eigenvalue weighted by atomic mass is 32.1. The number of hydrogen-bond donors (Lipinski definition) is 2. The van der Waals surface area contributed by atoms with Crippen LogP contribution in [0.5, 0.6) is 0 Å². The second-order valence-corrected chi connectivity index (χ2v) is 7.28. The molecule has 0 saturated heterocycles. The van der Waals surface area contributed by atoms with Crippen molar-refractivity contribution < 1.29 is 0 Å². The van der Waals surface area contributed by atoms with Gasteiger partial charge < -0.3 is 10.6 Å². The number of aryl methyl sites for hydroxylation is 1. The molecular weight excluding hydrogens is 306 g/mol. The van der Waals surface area contributed by atoms with Crippen molar-refractivity contribution in [2.45, 2.75) is 60.0 Å². The third-order valence-corrected chi connectivity index (χ3v) is 4.46. The van der Waals surface area contributed by atoms with Gasteiger partial charge >= 0.3 is 0 Å². The molecule has 0 amide bonds. The first-order valence-electron chi connectivity index (χ1n) is 8.63. The van der Waals surface area contributed by atoms with E-state index < -0.39 is 0 Å². The molecule has 5 nitrogen and oxygen atoms in total. The van der Waals surface area contributed by atoms with Crippen molar-refractivity contribution in [2.24, 2.45) is 4.99 Å². The third kappa shape index (κ3) is 7.79. The van der Waals surface area contributed by atoms with Gasteiger partial charge in [0.25, 0.3) is 0 Å². The van der Waals surface area contributed by atoms with Crippen LogP contribution in [-0.4, -0.2) is 54.1 Å². The molecule has 23 heavy (non-hydrogen) atoms. The van der Waals surface area contributed by atoms with Crippen LogP contribution in [0.15, 0.2) is 10.4 Å². The fraction of sp³-hybridized carbons (Fsp3) is 0.765. The van der Waals surface area contributed by atoms with Crippen molar-refractivity contribution in [3.05, 3.63) is 16.1 Å². The maximum atomic E-state index is 4.69. The molecule has 0 aliphatic rings. The zero-order chi connectivity index (χ0) is 17.2. The van der Waals surface area contributed by atoms with Gasteiger partial charge in [-0.2, -0.15) is 0 Å². The second-order valence-electron chi connectivity index (χ2n) is 6.22. The van der Waals surface area contributed by atoms with Gasteiger partial charge in [0.05, 0.1) is 17.2 Å². The third-order valence-electron chi connectivity index (χ3n) is 3.64. The largest absolute Gasteiger partial charge is 0.357 e. The summed E-state index contributed by atoms with van der Waals surface area (Å²) in [5, 5.41) is 9.96. The van der Waals surface area contributed by atoms with E-state index in [0.29, 0.717) is 12.1 Å². The van der Waals surface area contributed by atoms with E-state index >= 15 is 0 Å². The molecule has 0 radical (unpaired) electrons. The monoisotopic (exact) mass is 339 g/mol. The first-order valence-corrected chi connectivity index (χ1v) is 9.50. The van der Waals surface area contributed by atoms with Gasteiger partial charge in [0, 0.05) is 43.5 Å². The van der Waals surface area contributed by atoms with Gasteiger partial charge in [0.1, 0.15) is 0 Å². The Balaban J connectivity index is 2.43. The van der Waals surface area contributed by atoms with Crippen LogP contribution in [-0.2, 0) is 6.42 Å². The standard InChI is InChI=1S/C17H33N5S/c1-7-18-17(19-9-8-16-12-23-15(6)21-16)20-10-11-22(13(2)3)14(4)5/h12-14H,7-11H2,1-6H3,(H2,18,19,20). The van der Waals surface area contributed by atoms with Crippen molar-refractivity contribution >= 4 is 17.3 Å². The topological polar surface area (TPSA) is 52.6 Å². The Labute approximate surface area is 145 Å². The summed E-state index contributed by atoms with van der Waals surface area (Å²) in [5.41, 5.74) is 1.15. The average Bonchev–Trinajstić information content (AvgIpc) is 2.88. The van der Waals surface area contributed by atoms with Crippen LogP contribution in [0.3, 0.4) is 0 Å². The van der Waals surface area contributed by atoms with E-state index in [1.54, 1.807) is 11.3 Å². The van der Waals surface area contributed by atoms with Crippen molar-refractivity contribution in [3.8, 4) is 0 Å². The van der Waals surface area contributed by atoms with Gasteiger partial charge in [-0.3, -0.25) is 9.89 Å². The Bertz CT molecular complexity index is 459. The summed E-state index contributed by atoms with van der Waals surface area (Å²) in [4.78, 5) is 11.6. The number of aliphatic imine (C=N–C) groups is 1. The summed E-state index contributed by atoms with van der Waals surface area (Å²) in [6.45, 7) is 16.6. The first-order chi connectivity index (χ1) is 10.9. The number of rotatable bonds is 9. The summed E-state index contributed by atoms with van der Waals surface area (Å²) in [6.07, 6.45) is 0.929. The van der Waals surface area contributed by atoms with E-state index in [9.17, 15) is 0 Å². The van der Waals surface area contributed by atoms with Crippen LogP contribution in [0.2, 0.25) is 0 Å².